The monoisotopic (exact) mass is 306 g/mol. The van der Waals surface area contributed by atoms with Crippen molar-refractivity contribution in [2.24, 2.45) is 0 Å². The van der Waals surface area contributed by atoms with Gasteiger partial charge >= 0.3 is 0 Å². The van der Waals surface area contributed by atoms with Crippen molar-refractivity contribution in [1.29, 1.82) is 0 Å². The highest BCUT2D eigenvalue weighted by molar-refractivity contribution is 7.99. The summed E-state index contributed by atoms with van der Waals surface area (Å²) in [5.41, 5.74) is 5.82. The third-order valence-electron chi connectivity index (χ3n) is 3.17. The molecule has 1 aromatic heterocycles. The maximum atomic E-state index is 14.0. The first-order valence-corrected chi connectivity index (χ1v) is 7.49. The molecule has 1 aromatic carbocycles. The maximum Gasteiger partial charge on any atom is 0.253 e. The molecule has 0 unspecified atom stereocenters. The van der Waals surface area contributed by atoms with Gasteiger partial charge in [-0.05, 0) is 25.0 Å². The van der Waals surface area contributed by atoms with E-state index in [0.717, 1.165) is 17.7 Å². The fourth-order valence-electron chi connectivity index (χ4n) is 1.95. The van der Waals surface area contributed by atoms with Crippen LogP contribution in [0.3, 0.4) is 0 Å². The molecule has 1 aliphatic carbocycles. The van der Waals surface area contributed by atoms with E-state index in [0.29, 0.717) is 23.3 Å². The van der Waals surface area contributed by atoms with E-state index >= 15 is 0 Å². The average molecular weight is 306 g/mol. The van der Waals surface area contributed by atoms with Gasteiger partial charge in [0.25, 0.3) is 5.56 Å². The second kappa shape index (κ2) is 5.87. The molecule has 3 rings (SSSR count). The summed E-state index contributed by atoms with van der Waals surface area (Å²) in [7, 11) is 0. The molecule has 0 radical (unpaired) electrons. The minimum absolute atomic E-state index is 0.148. The Morgan fingerprint density at radius 3 is 3.00 bits per heavy atom. The van der Waals surface area contributed by atoms with Crippen LogP contribution >= 0.6 is 11.8 Å². The molecule has 21 heavy (non-hydrogen) atoms. The normalized spacial score (nSPS) is 14.3. The van der Waals surface area contributed by atoms with Gasteiger partial charge in [0.1, 0.15) is 11.6 Å². The summed E-state index contributed by atoms with van der Waals surface area (Å²) in [5.74, 6) is -0.116. The number of H-pyrrole nitrogens is 1. The number of anilines is 1. The summed E-state index contributed by atoms with van der Waals surface area (Å²) >= 11 is 1.20. The number of nitrogens with two attached hydrogens (primary N) is 1. The molecule has 4 N–H and O–H groups in total. The molecular weight excluding hydrogens is 291 g/mol. The van der Waals surface area contributed by atoms with Crippen molar-refractivity contribution in [2.45, 2.75) is 35.5 Å². The predicted molar refractivity (Wildman–Crippen MR) is 79.7 cm³/mol. The van der Waals surface area contributed by atoms with E-state index in [-0.39, 0.29) is 17.2 Å². The lowest BCUT2D eigenvalue weighted by atomic mass is 10.2. The lowest BCUT2D eigenvalue weighted by Crippen LogP contribution is -2.17. The molecule has 0 bridgehead atoms. The number of hydrogen-bond acceptors (Lipinski definition) is 5. The van der Waals surface area contributed by atoms with E-state index in [1.807, 2.05) is 0 Å². The van der Waals surface area contributed by atoms with Crippen molar-refractivity contribution >= 4 is 17.6 Å². The van der Waals surface area contributed by atoms with Crippen LogP contribution in [0.25, 0.3) is 0 Å². The predicted octanol–water partition coefficient (Wildman–Crippen LogP) is 1.89. The molecular formula is C14H15FN4OS. The van der Waals surface area contributed by atoms with Gasteiger partial charge in [-0.2, -0.15) is 0 Å². The molecule has 1 saturated carbocycles. The number of aromatic nitrogens is 2. The molecule has 0 amide bonds. The minimum Gasteiger partial charge on any atom is -0.383 e. The van der Waals surface area contributed by atoms with Crippen molar-refractivity contribution in [3.05, 3.63) is 46.0 Å². The zero-order valence-electron chi connectivity index (χ0n) is 11.2. The van der Waals surface area contributed by atoms with Crippen LogP contribution < -0.4 is 16.6 Å². The highest BCUT2D eigenvalue weighted by Gasteiger charge is 2.21. The first-order valence-electron chi connectivity index (χ1n) is 6.67. The zero-order valence-corrected chi connectivity index (χ0v) is 12.0. The van der Waals surface area contributed by atoms with E-state index in [2.05, 4.69) is 15.3 Å². The van der Waals surface area contributed by atoms with E-state index in [4.69, 9.17) is 5.73 Å². The van der Waals surface area contributed by atoms with Crippen LogP contribution in [-0.2, 0) is 6.54 Å². The van der Waals surface area contributed by atoms with Gasteiger partial charge in [0.05, 0.1) is 0 Å². The first-order chi connectivity index (χ1) is 10.1. The molecule has 1 aliphatic rings. The summed E-state index contributed by atoms with van der Waals surface area (Å²) in [5, 5.41) is 3.65. The van der Waals surface area contributed by atoms with E-state index in [1.165, 1.54) is 23.9 Å². The van der Waals surface area contributed by atoms with Gasteiger partial charge in [-0.25, -0.2) is 9.37 Å². The topological polar surface area (TPSA) is 83.8 Å². The summed E-state index contributed by atoms with van der Waals surface area (Å²) < 4.78 is 14.0. The van der Waals surface area contributed by atoms with E-state index < -0.39 is 0 Å². The van der Waals surface area contributed by atoms with Crippen LogP contribution in [0.1, 0.15) is 18.4 Å². The van der Waals surface area contributed by atoms with Crippen LogP contribution in [0.15, 0.2) is 39.1 Å². The Hall–Kier alpha value is -1.86. The molecule has 1 heterocycles. The van der Waals surface area contributed by atoms with Crippen molar-refractivity contribution in [2.75, 3.05) is 5.73 Å². The lowest BCUT2D eigenvalue weighted by Gasteiger charge is -2.10. The number of nitrogens with one attached hydrogen (secondary N) is 2. The van der Waals surface area contributed by atoms with Crippen LogP contribution in [0.5, 0.6) is 0 Å². The van der Waals surface area contributed by atoms with Gasteiger partial charge in [0.2, 0.25) is 0 Å². The maximum absolute atomic E-state index is 14.0. The number of nitrogens with zero attached hydrogens (tertiary/aromatic N) is 1. The fourth-order valence-corrected chi connectivity index (χ4v) is 2.90. The van der Waals surface area contributed by atoms with Gasteiger partial charge in [-0.15, -0.1) is 0 Å². The van der Waals surface area contributed by atoms with E-state index in [1.54, 1.807) is 12.1 Å². The Kier molecular flexibility index (Phi) is 3.94. The van der Waals surface area contributed by atoms with Gasteiger partial charge in [-0.1, -0.05) is 17.8 Å². The lowest BCUT2D eigenvalue weighted by molar-refractivity contribution is 0.579. The molecule has 0 atom stereocenters. The molecule has 2 aromatic rings. The molecule has 0 saturated heterocycles. The van der Waals surface area contributed by atoms with Crippen molar-refractivity contribution in [1.82, 2.24) is 15.3 Å². The van der Waals surface area contributed by atoms with Crippen LogP contribution in [-0.4, -0.2) is 16.0 Å². The largest absolute Gasteiger partial charge is 0.383 e. The third-order valence-corrected chi connectivity index (χ3v) is 4.16. The number of nitrogen functional groups attached to an aromatic ring is 1. The number of aromatic amines is 1. The summed E-state index contributed by atoms with van der Waals surface area (Å²) in [6.07, 6.45) is 2.28. The molecule has 0 aliphatic heterocycles. The molecule has 1 fully saturated rings. The Balaban J connectivity index is 1.86. The van der Waals surface area contributed by atoms with Crippen LogP contribution in [0.2, 0.25) is 0 Å². The van der Waals surface area contributed by atoms with Crippen molar-refractivity contribution in [3.8, 4) is 0 Å². The molecule has 0 spiro atoms. The van der Waals surface area contributed by atoms with Gasteiger partial charge in [-0.3, -0.25) is 4.79 Å². The van der Waals surface area contributed by atoms with Gasteiger partial charge < -0.3 is 16.0 Å². The Morgan fingerprint density at radius 1 is 1.48 bits per heavy atom. The standard InChI is InChI=1S/C14H15FN4OS/c15-10-2-1-3-11(9(10)7-17-8-4-5-8)21-14-18-12(16)6-13(20)19-14/h1-3,6,8,17H,4-5,7H2,(H3,16,18,19,20). The average Bonchev–Trinajstić information content (AvgIpc) is 3.21. The Bertz CT molecular complexity index is 714. The Labute approximate surface area is 125 Å². The van der Waals surface area contributed by atoms with Crippen LogP contribution in [0, 0.1) is 5.82 Å². The van der Waals surface area contributed by atoms with E-state index in [9.17, 15) is 9.18 Å². The summed E-state index contributed by atoms with van der Waals surface area (Å²) in [6, 6.07) is 6.59. The number of hydrogen-bond donors (Lipinski definition) is 3. The molecule has 5 nitrogen and oxygen atoms in total. The van der Waals surface area contributed by atoms with Gasteiger partial charge in [0.15, 0.2) is 5.16 Å². The number of benzene rings is 1. The van der Waals surface area contributed by atoms with Crippen LogP contribution in [0.4, 0.5) is 10.2 Å². The highest BCUT2D eigenvalue weighted by Crippen LogP contribution is 2.30. The summed E-state index contributed by atoms with van der Waals surface area (Å²) in [6.45, 7) is 0.465. The fraction of sp³-hybridized carbons (Fsp3) is 0.286. The van der Waals surface area contributed by atoms with Crippen molar-refractivity contribution < 1.29 is 4.39 Å². The molecule has 110 valence electrons. The third kappa shape index (κ3) is 3.62. The minimum atomic E-state index is -0.320. The van der Waals surface area contributed by atoms with Gasteiger partial charge in [0, 0.05) is 29.1 Å². The number of halogens is 1. The Morgan fingerprint density at radius 2 is 2.29 bits per heavy atom. The molecule has 7 heteroatoms. The highest BCUT2D eigenvalue weighted by atomic mass is 32.2. The second-order valence-electron chi connectivity index (χ2n) is 4.95. The zero-order chi connectivity index (χ0) is 14.8. The summed E-state index contributed by atoms with van der Waals surface area (Å²) in [4.78, 5) is 18.8. The van der Waals surface area contributed by atoms with Crippen molar-refractivity contribution in [3.63, 3.8) is 0 Å². The second-order valence-corrected chi connectivity index (χ2v) is 5.98. The number of rotatable bonds is 5. The quantitative estimate of drug-likeness (QED) is 0.735. The smallest absolute Gasteiger partial charge is 0.253 e. The SMILES string of the molecule is Nc1cc(=O)[nH]c(Sc2cccc(F)c2CNC2CC2)n1. The first kappa shape index (κ1) is 14.1.